The maximum Gasteiger partial charge on any atom is 0.434 e. The molecular weight excluding hydrogens is 285 g/mol. The molecule has 1 amide bonds. The number of aromatic nitrogens is 1. The summed E-state index contributed by atoms with van der Waals surface area (Å²) in [5.41, 5.74) is -2.11. The molecule has 1 N–H and O–H groups in total. The number of alkyl halides is 3. The molecule has 5 nitrogen and oxygen atoms in total. The Kier molecular flexibility index (Phi) is 4.18. The zero-order valence-corrected chi connectivity index (χ0v) is 11.1. The Morgan fingerprint density at radius 1 is 1.37 bits per heavy atom. The lowest BCUT2D eigenvalue weighted by Crippen LogP contribution is -2.27. The van der Waals surface area contributed by atoms with Crippen LogP contribution in [-0.4, -0.2) is 23.0 Å². The molecule has 0 atom stereocenters. The standard InChI is InChI=1S/C10H11F3N2O3S/c1-9(2,3)18-8(17)15-7-14-6(10(11,12)13)5(4-16)19-7/h4H,1-3H3,(H,14,15,17). The van der Waals surface area contributed by atoms with Gasteiger partial charge in [-0.3, -0.25) is 10.1 Å². The second-order valence-electron chi connectivity index (χ2n) is 4.47. The number of hydrogen-bond donors (Lipinski definition) is 1. The van der Waals surface area contributed by atoms with Gasteiger partial charge in [0.05, 0.1) is 0 Å². The van der Waals surface area contributed by atoms with Crippen molar-refractivity contribution in [2.75, 3.05) is 5.32 Å². The molecule has 0 aliphatic heterocycles. The summed E-state index contributed by atoms with van der Waals surface area (Å²) >= 11 is 0.430. The van der Waals surface area contributed by atoms with Gasteiger partial charge in [-0.1, -0.05) is 11.3 Å². The van der Waals surface area contributed by atoms with Crippen LogP contribution in [0.1, 0.15) is 36.1 Å². The molecule has 19 heavy (non-hydrogen) atoms. The molecule has 0 spiro atoms. The predicted octanol–water partition coefficient (Wildman–Crippen LogP) is 3.32. The normalized spacial score (nSPS) is 12.1. The van der Waals surface area contributed by atoms with E-state index in [1.54, 1.807) is 20.8 Å². The molecule has 1 rings (SSSR count). The molecule has 0 aliphatic carbocycles. The average Bonchev–Trinajstić information content (AvgIpc) is 2.57. The number of nitrogens with zero attached hydrogens (tertiary/aromatic N) is 1. The van der Waals surface area contributed by atoms with Crippen molar-refractivity contribution in [1.29, 1.82) is 0 Å². The van der Waals surface area contributed by atoms with Crippen LogP contribution in [-0.2, 0) is 10.9 Å². The van der Waals surface area contributed by atoms with Crippen LogP contribution in [0, 0.1) is 0 Å². The zero-order chi connectivity index (χ0) is 14.8. The fourth-order valence-electron chi connectivity index (χ4n) is 1.06. The highest BCUT2D eigenvalue weighted by molar-refractivity contribution is 7.17. The average molecular weight is 296 g/mol. The van der Waals surface area contributed by atoms with Gasteiger partial charge in [-0.05, 0) is 20.8 Å². The highest BCUT2D eigenvalue weighted by Gasteiger charge is 2.37. The van der Waals surface area contributed by atoms with Gasteiger partial charge in [0.2, 0.25) is 0 Å². The Bertz CT molecular complexity index is 491. The van der Waals surface area contributed by atoms with Crippen LogP contribution in [0.3, 0.4) is 0 Å². The van der Waals surface area contributed by atoms with Crippen LogP contribution in [0.25, 0.3) is 0 Å². The SMILES string of the molecule is CC(C)(C)OC(=O)Nc1nc(C(F)(F)F)c(C=O)s1. The van der Waals surface area contributed by atoms with E-state index in [1.807, 2.05) is 0 Å². The number of carbonyl (C=O) groups excluding carboxylic acids is 2. The first-order valence-corrected chi connectivity index (χ1v) is 5.88. The van der Waals surface area contributed by atoms with Gasteiger partial charge >= 0.3 is 12.3 Å². The molecule has 106 valence electrons. The quantitative estimate of drug-likeness (QED) is 0.850. The molecular formula is C10H11F3N2O3S. The largest absolute Gasteiger partial charge is 0.444 e. The molecule has 0 aromatic carbocycles. The predicted molar refractivity (Wildman–Crippen MR) is 62.4 cm³/mol. The summed E-state index contributed by atoms with van der Waals surface area (Å²) in [5, 5.41) is 1.71. The Morgan fingerprint density at radius 2 is 1.95 bits per heavy atom. The minimum absolute atomic E-state index is 0.0424. The van der Waals surface area contributed by atoms with Crippen molar-refractivity contribution < 1.29 is 27.5 Å². The molecule has 0 unspecified atom stereocenters. The number of ether oxygens (including phenoxy) is 1. The Hall–Kier alpha value is -1.64. The third-order valence-corrected chi connectivity index (χ3v) is 2.53. The first-order chi connectivity index (χ1) is 8.53. The summed E-state index contributed by atoms with van der Waals surface area (Å²) in [6.45, 7) is 4.81. The molecule has 9 heteroatoms. The van der Waals surface area contributed by atoms with E-state index < -0.39 is 28.4 Å². The highest BCUT2D eigenvalue weighted by Crippen LogP contribution is 2.35. The number of amides is 1. The van der Waals surface area contributed by atoms with Gasteiger partial charge in [-0.25, -0.2) is 9.78 Å². The van der Waals surface area contributed by atoms with Gasteiger partial charge in [0.15, 0.2) is 17.1 Å². The van der Waals surface area contributed by atoms with Crippen molar-refractivity contribution in [2.45, 2.75) is 32.5 Å². The van der Waals surface area contributed by atoms with Crippen molar-refractivity contribution in [3.8, 4) is 0 Å². The number of halogens is 3. The molecule has 1 aromatic heterocycles. The number of rotatable bonds is 2. The van der Waals surface area contributed by atoms with Crippen LogP contribution in [0.2, 0.25) is 0 Å². The van der Waals surface area contributed by atoms with Crippen LogP contribution in [0.5, 0.6) is 0 Å². The van der Waals surface area contributed by atoms with Crippen LogP contribution in [0.15, 0.2) is 0 Å². The van der Waals surface area contributed by atoms with Crippen molar-refractivity contribution >= 4 is 28.8 Å². The van der Waals surface area contributed by atoms with E-state index in [4.69, 9.17) is 4.74 Å². The van der Waals surface area contributed by atoms with Gasteiger partial charge in [0.25, 0.3) is 0 Å². The number of aldehydes is 1. The van der Waals surface area contributed by atoms with E-state index >= 15 is 0 Å². The molecule has 0 aliphatic rings. The number of anilines is 1. The molecule has 0 radical (unpaired) electrons. The molecule has 0 saturated heterocycles. The van der Waals surface area contributed by atoms with E-state index in [-0.39, 0.29) is 11.4 Å². The third kappa shape index (κ3) is 4.51. The van der Waals surface area contributed by atoms with Crippen molar-refractivity contribution in [3.63, 3.8) is 0 Å². The molecule has 0 saturated carbocycles. The van der Waals surface area contributed by atoms with Crippen LogP contribution >= 0.6 is 11.3 Å². The van der Waals surface area contributed by atoms with E-state index in [0.717, 1.165) is 0 Å². The number of hydrogen-bond acceptors (Lipinski definition) is 5. The van der Waals surface area contributed by atoms with Gasteiger partial charge in [0.1, 0.15) is 10.5 Å². The summed E-state index contributed by atoms with van der Waals surface area (Å²) < 4.78 is 42.4. The van der Waals surface area contributed by atoms with E-state index in [9.17, 15) is 22.8 Å². The second kappa shape index (κ2) is 5.16. The number of carbonyl (C=O) groups is 2. The molecule has 1 aromatic rings. The highest BCUT2D eigenvalue weighted by atomic mass is 32.1. The smallest absolute Gasteiger partial charge is 0.434 e. The summed E-state index contributed by atoms with van der Waals surface area (Å²) in [5.74, 6) is 0. The van der Waals surface area contributed by atoms with E-state index in [1.165, 1.54) is 0 Å². The first kappa shape index (κ1) is 15.4. The molecule has 1 heterocycles. The first-order valence-electron chi connectivity index (χ1n) is 5.06. The van der Waals surface area contributed by atoms with Crippen molar-refractivity contribution in [3.05, 3.63) is 10.6 Å². The zero-order valence-electron chi connectivity index (χ0n) is 10.3. The summed E-state index contributed by atoms with van der Waals surface area (Å²) in [7, 11) is 0. The Morgan fingerprint density at radius 3 is 2.32 bits per heavy atom. The maximum atomic E-state index is 12.5. The summed E-state index contributed by atoms with van der Waals surface area (Å²) in [6, 6.07) is 0. The third-order valence-electron chi connectivity index (χ3n) is 1.64. The van der Waals surface area contributed by atoms with Crippen molar-refractivity contribution in [1.82, 2.24) is 4.98 Å². The van der Waals surface area contributed by atoms with E-state index in [0.29, 0.717) is 11.3 Å². The summed E-state index contributed by atoms with van der Waals surface area (Å²) in [4.78, 5) is 24.5. The van der Waals surface area contributed by atoms with E-state index in [2.05, 4.69) is 10.3 Å². The summed E-state index contributed by atoms with van der Waals surface area (Å²) in [6.07, 6.45) is -5.64. The van der Waals surface area contributed by atoms with Crippen molar-refractivity contribution in [2.24, 2.45) is 0 Å². The van der Waals surface area contributed by atoms with Gasteiger partial charge in [0, 0.05) is 0 Å². The fourth-order valence-corrected chi connectivity index (χ4v) is 1.85. The lowest BCUT2D eigenvalue weighted by atomic mass is 10.2. The van der Waals surface area contributed by atoms with Gasteiger partial charge in [-0.2, -0.15) is 13.2 Å². The second-order valence-corrected chi connectivity index (χ2v) is 5.51. The van der Waals surface area contributed by atoms with Gasteiger partial charge in [-0.15, -0.1) is 0 Å². The number of thiazole rings is 1. The topological polar surface area (TPSA) is 68.3 Å². The number of nitrogens with one attached hydrogen (secondary N) is 1. The lowest BCUT2D eigenvalue weighted by Gasteiger charge is -2.18. The van der Waals surface area contributed by atoms with Crippen LogP contribution in [0.4, 0.5) is 23.1 Å². The minimum atomic E-state index is -4.75. The minimum Gasteiger partial charge on any atom is -0.444 e. The molecule has 0 fully saturated rings. The van der Waals surface area contributed by atoms with Gasteiger partial charge < -0.3 is 4.74 Å². The van der Waals surface area contributed by atoms with Crippen LogP contribution < -0.4 is 5.32 Å². The maximum absolute atomic E-state index is 12.5. The molecule has 0 bridgehead atoms. The monoisotopic (exact) mass is 296 g/mol. The Balaban J connectivity index is 2.90. The lowest BCUT2D eigenvalue weighted by molar-refractivity contribution is -0.140. The fraction of sp³-hybridized carbons (Fsp3) is 0.500. The Labute approximate surface area is 110 Å².